The maximum absolute atomic E-state index is 8.57. The van der Waals surface area contributed by atoms with Gasteiger partial charge in [0, 0.05) is 0 Å². The second-order valence-electron chi connectivity index (χ2n) is 3.76. The first-order chi connectivity index (χ1) is 5.61. The number of rotatable bonds is 5. The number of nitriles is 1. The van der Waals surface area contributed by atoms with E-state index in [1.54, 1.807) is 0 Å². The van der Waals surface area contributed by atoms with Crippen LogP contribution in [0.4, 0.5) is 0 Å². The SMILES string of the molecule is CCCC(C)CC(C)C(N)C#N. The molecule has 0 aliphatic carbocycles. The van der Waals surface area contributed by atoms with Gasteiger partial charge in [0.25, 0.3) is 0 Å². The van der Waals surface area contributed by atoms with Crippen molar-refractivity contribution in [3.63, 3.8) is 0 Å². The minimum Gasteiger partial charge on any atom is -0.316 e. The largest absolute Gasteiger partial charge is 0.316 e. The van der Waals surface area contributed by atoms with Crippen LogP contribution in [-0.4, -0.2) is 6.04 Å². The normalized spacial score (nSPS) is 17.9. The molecule has 3 unspecified atom stereocenters. The average Bonchev–Trinajstić information content (AvgIpc) is 2.03. The van der Waals surface area contributed by atoms with E-state index in [-0.39, 0.29) is 6.04 Å². The van der Waals surface area contributed by atoms with Crippen LogP contribution in [0.3, 0.4) is 0 Å². The van der Waals surface area contributed by atoms with Gasteiger partial charge in [-0.3, -0.25) is 0 Å². The van der Waals surface area contributed by atoms with E-state index in [4.69, 9.17) is 11.0 Å². The minimum absolute atomic E-state index is 0.288. The molecule has 12 heavy (non-hydrogen) atoms. The summed E-state index contributed by atoms with van der Waals surface area (Å²) in [5.74, 6) is 1.03. The van der Waals surface area contributed by atoms with Crippen molar-refractivity contribution in [3.05, 3.63) is 0 Å². The summed E-state index contributed by atoms with van der Waals surface area (Å²) in [6, 6.07) is 1.80. The van der Waals surface area contributed by atoms with Gasteiger partial charge in [0.2, 0.25) is 0 Å². The Labute approximate surface area is 75.8 Å². The molecular weight excluding hydrogens is 148 g/mol. The van der Waals surface area contributed by atoms with Crippen LogP contribution in [0.5, 0.6) is 0 Å². The average molecular weight is 168 g/mol. The van der Waals surface area contributed by atoms with E-state index in [2.05, 4.69) is 26.8 Å². The molecule has 70 valence electrons. The molecule has 0 aromatic rings. The van der Waals surface area contributed by atoms with E-state index >= 15 is 0 Å². The molecule has 0 radical (unpaired) electrons. The third kappa shape index (κ3) is 4.35. The molecular formula is C10H20N2. The summed E-state index contributed by atoms with van der Waals surface area (Å²) in [6.07, 6.45) is 3.53. The van der Waals surface area contributed by atoms with Crippen molar-refractivity contribution in [2.75, 3.05) is 0 Å². The third-order valence-electron chi connectivity index (χ3n) is 2.32. The molecule has 2 N–H and O–H groups in total. The highest BCUT2D eigenvalue weighted by atomic mass is 14.6. The highest BCUT2D eigenvalue weighted by Gasteiger charge is 2.14. The van der Waals surface area contributed by atoms with E-state index < -0.39 is 0 Å². The van der Waals surface area contributed by atoms with E-state index in [0.717, 1.165) is 6.42 Å². The summed E-state index contributed by atoms with van der Waals surface area (Å²) in [4.78, 5) is 0. The van der Waals surface area contributed by atoms with Crippen molar-refractivity contribution in [2.24, 2.45) is 17.6 Å². The molecule has 0 rings (SSSR count). The summed E-state index contributed by atoms with van der Waals surface area (Å²) >= 11 is 0. The second kappa shape index (κ2) is 6.02. The van der Waals surface area contributed by atoms with Crippen LogP contribution in [0.25, 0.3) is 0 Å². The zero-order valence-corrected chi connectivity index (χ0v) is 8.38. The molecule has 3 atom stereocenters. The summed E-state index contributed by atoms with van der Waals surface area (Å²) in [5.41, 5.74) is 5.60. The molecule has 0 fully saturated rings. The fourth-order valence-corrected chi connectivity index (χ4v) is 1.52. The van der Waals surface area contributed by atoms with Crippen LogP contribution in [0, 0.1) is 23.2 Å². The molecule has 0 amide bonds. The van der Waals surface area contributed by atoms with Gasteiger partial charge in [-0.1, -0.05) is 33.6 Å². The summed E-state index contributed by atoms with van der Waals surface area (Å²) in [6.45, 7) is 6.47. The Kier molecular flexibility index (Phi) is 5.74. The third-order valence-corrected chi connectivity index (χ3v) is 2.32. The molecule has 0 saturated carbocycles. The molecule has 0 bridgehead atoms. The standard InChI is InChI=1S/C10H20N2/c1-4-5-8(2)6-9(3)10(12)7-11/h8-10H,4-6,12H2,1-3H3. The Morgan fingerprint density at radius 2 is 2.00 bits per heavy atom. The quantitative estimate of drug-likeness (QED) is 0.684. The second-order valence-corrected chi connectivity index (χ2v) is 3.76. The van der Waals surface area contributed by atoms with Crippen LogP contribution in [0.1, 0.15) is 40.0 Å². The fraction of sp³-hybridized carbons (Fsp3) is 0.900. The van der Waals surface area contributed by atoms with Gasteiger partial charge >= 0.3 is 0 Å². The molecule has 0 saturated heterocycles. The maximum Gasteiger partial charge on any atom is 0.0953 e. The molecule has 0 spiro atoms. The molecule has 0 aromatic carbocycles. The van der Waals surface area contributed by atoms with Crippen LogP contribution in [0.2, 0.25) is 0 Å². The molecule has 0 aromatic heterocycles. The Morgan fingerprint density at radius 1 is 1.42 bits per heavy atom. The van der Waals surface area contributed by atoms with Crippen molar-refractivity contribution in [1.29, 1.82) is 5.26 Å². The summed E-state index contributed by atoms with van der Waals surface area (Å²) < 4.78 is 0. The lowest BCUT2D eigenvalue weighted by molar-refractivity contribution is 0.372. The van der Waals surface area contributed by atoms with Gasteiger partial charge < -0.3 is 5.73 Å². The van der Waals surface area contributed by atoms with Gasteiger partial charge in [0.05, 0.1) is 12.1 Å². The monoisotopic (exact) mass is 168 g/mol. The lowest BCUT2D eigenvalue weighted by Crippen LogP contribution is -2.27. The molecule has 0 aliphatic rings. The predicted molar refractivity (Wildman–Crippen MR) is 51.4 cm³/mol. The van der Waals surface area contributed by atoms with Crippen LogP contribution < -0.4 is 5.73 Å². The topological polar surface area (TPSA) is 49.8 Å². The van der Waals surface area contributed by atoms with Crippen LogP contribution in [-0.2, 0) is 0 Å². The molecule has 2 nitrogen and oxygen atoms in total. The van der Waals surface area contributed by atoms with Gasteiger partial charge in [0.15, 0.2) is 0 Å². The number of nitrogens with two attached hydrogens (primary N) is 1. The first-order valence-corrected chi connectivity index (χ1v) is 4.77. The van der Waals surface area contributed by atoms with Crippen LogP contribution >= 0.6 is 0 Å². The molecule has 2 heteroatoms. The van der Waals surface area contributed by atoms with Crippen molar-refractivity contribution >= 4 is 0 Å². The Morgan fingerprint density at radius 3 is 2.42 bits per heavy atom. The Hall–Kier alpha value is -0.550. The lowest BCUT2D eigenvalue weighted by Gasteiger charge is -2.17. The molecule has 0 heterocycles. The highest BCUT2D eigenvalue weighted by Crippen LogP contribution is 2.17. The summed E-state index contributed by atoms with van der Waals surface area (Å²) in [5, 5.41) is 8.57. The lowest BCUT2D eigenvalue weighted by atomic mass is 9.90. The predicted octanol–water partition coefficient (Wildman–Crippen LogP) is 2.30. The zero-order chi connectivity index (χ0) is 9.56. The van der Waals surface area contributed by atoms with E-state index in [1.807, 2.05) is 0 Å². The minimum atomic E-state index is -0.288. The number of nitrogens with zero attached hydrogens (tertiary/aromatic N) is 1. The number of hydrogen-bond donors (Lipinski definition) is 1. The highest BCUT2D eigenvalue weighted by molar-refractivity contribution is 4.90. The van der Waals surface area contributed by atoms with Gasteiger partial charge in [-0.15, -0.1) is 0 Å². The van der Waals surface area contributed by atoms with E-state index in [0.29, 0.717) is 11.8 Å². The Bertz CT molecular complexity index is 148. The van der Waals surface area contributed by atoms with E-state index in [1.165, 1.54) is 12.8 Å². The fourth-order valence-electron chi connectivity index (χ4n) is 1.52. The van der Waals surface area contributed by atoms with Crippen molar-refractivity contribution in [3.8, 4) is 6.07 Å². The van der Waals surface area contributed by atoms with Crippen molar-refractivity contribution < 1.29 is 0 Å². The first-order valence-electron chi connectivity index (χ1n) is 4.77. The maximum atomic E-state index is 8.57. The van der Waals surface area contributed by atoms with Gasteiger partial charge in [0.1, 0.15) is 0 Å². The smallest absolute Gasteiger partial charge is 0.0953 e. The van der Waals surface area contributed by atoms with Gasteiger partial charge in [-0.05, 0) is 18.3 Å². The van der Waals surface area contributed by atoms with Gasteiger partial charge in [-0.25, -0.2) is 0 Å². The number of hydrogen-bond acceptors (Lipinski definition) is 2. The zero-order valence-electron chi connectivity index (χ0n) is 8.38. The van der Waals surface area contributed by atoms with Crippen molar-refractivity contribution in [2.45, 2.75) is 46.1 Å². The first kappa shape index (κ1) is 11.4. The summed E-state index contributed by atoms with van der Waals surface area (Å²) in [7, 11) is 0. The van der Waals surface area contributed by atoms with Crippen LogP contribution in [0.15, 0.2) is 0 Å². The van der Waals surface area contributed by atoms with Crippen molar-refractivity contribution in [1.82, 2.24) is 0 Å². The Balaban J connectivity index is 3.69. The van der Waals surface area contributed by atoms with E-state index in [9.17, 15) is 0 Å². The molecule has 0 aliphatic heterocycles. The van der Waals surface area contributed by atoms with Gasteiger partial charge in [-0.2, -0.15) is 5.26 Å².